The number of aliphatic carboxylic acids is 2. The predicted molar refractivity (Wildman–Crippen MR) is 131 cm³/mol. The van der Waals surface area contributed by atoms with E-state index in [2.05, 4.69) is 20.9 Å². The molecule has 0 saturated heterocycles. The highest BCUT2D eigenvalue weighted by atomic mass is 16.4. The molecule has 3 atom stereocenters. The molecule has 1 aromatic carbocycles. The van der Waals surface area contributed by atoms with Crippen LogP contribution in [0.3, 0.4) is 0 Å². The maximum absolute atomic E-state index is 13.2. The minimum Gasteiger partial charge on any atom is -0.481 e. The number of carbonyl (C=O) groups excluding carboxylic acids is 3. The van der Waals surface area contributed by atoms with Crippen LogP contribution in [0.2, 0.25) is 0 Å². The fraction of sp³-hybridized carbons (Fsp3) is 0.458. The number of amides is 3. The molecule has 1 aromatic heterocycles. The highest BCUT2D eigenvalue weighted by molar-refractivity contribution is 5.94. The van der Waals surface area contributed by atoms with Crippen LogP contribution < -0.4 is 21.7 Å². The fourth-order valence-electron chi connectivity index (χ4n) is 3.76. The first-order valence-corrected chi connectivity index (χ1v) is 11.6. The third-order valence-electron chi connectivity index (χ3n) is 5.54. The van der Waals surface area contributed by atoms with Gasteiger partial charge in [0.25, 0.3) is 0 Å². The molecule has 3 unspecified atom stereocenters. The summed E-state index contributed by atoms with van der Waals surface area (Å²) in [6, 6.07) is 3.87. The van der Waals surface area contributed by atoms with E-state index in [1.54, 1.807) is 6.20 Å². The highest BCUT2D eigenvalue weighted by Crippen LogP contribution is 2.19. The minimum absolute atomic E-state index is 0.0472. The molecule has 3 amide bonds. The average molecular weight is 504 g/mol. The largest absolute Gasteiger partial charge is 0.481 e. The van der Waals surface area contributed by atoms with Gasteiger partial charge < -0.3 is 36.9 Å². The number of para-hydroxylation sites is 1. The number of carbonyl (C=O) groups is 5. The van der Waals surface area contributed by atoms with Crippen molar-refractivity contribution in [3.8, 4) is 0 Å². The average Bonchev–Trinajstić information content (AvgIpc) is 3.22. The van der Waals surface area contributed by atoms with Crippen LogP contribution in [0.1, 0.15) is 38.7 Å². The summed E-state index contributed by atoms with van der Waals surface area (Å²) in [5.41, 5.74) is 7.05. The van der Waals surface area contributed by atoms with Crippen molar-refractivity contribution < 1.29 is 34.2 Å². The SMILES string of the molecule is CC(C)CC(NC(=O)C(Cc1c[nH]c2ccccc12)NC(=O)CN)C(=O)NC(CCC(=O)O)C(=O)O. The number of rotatable bonds is 14. The third kappa shape index (κ3) is 8.38. The van der Waals surface area contributed by atoms with Gasteiger partial charge in [0.2, 0.25) is 17.7 Å². The smallest absolute Gasteiger partial charge is 0.326 e. The summed E-state index contributed by atoms with van der Waals surface area (Å²) >= 11 is 0. The summed E-state index contributed by atoms with van der Waals surface area (Å²) in [6.45, 7) is 3.31. The Morgan fingerprint density at radius 2 is 1.58 bits per heavy atom. The van der Waals surface area contributed by atoms with Crippen molar-refractivity contribution in [2.75, 3.05) is 6.54 Å². The van der Waals surface area contributed by atoms with Gasteiger partial charge in [0.15, 0.2) is 0 Å². The molecule has 1 heterocycles. The van der Waals surface area contributed by atoms with E-state index in [1.807, 2.05) is 38.1 Å². The number of nitrogens with one attached hydrogen (secondary N) is 4. The molecular formula is C24H33N5O7. The normalized spacial score (nSPS) is 13.6. The first-order chi connectivity index (χ1) is 17.0. The number of hydrogen-bond acceptors (Lipinski definition) is 6. The van der Waals surface area contributed by atoms with Crippen molar-refractivity contribution in [1.82, 2.24) is 20.9 Å². The van der Waals surface area contributed by atoms with Gasteiger partial charge >= 0.3 is 11.9 Å². The maximum Gasteiger partial charge on any atom is 0.326 e. The number of hydrogen-bond donors (Lipinski definition) is 7. The van der Waals surface area contributed by atoms with E-state index >= 15 is 0 Å². The van der Waals surface area contributed by atoms with Crippen LogP contribution in [0.4, 0.5) is 0 Å². The molecule has 0 saturated carbocycles. The van der Waals surface area contributed by atoms with E-state index in [1.165, 1.54) is 0 Å². The van der Waals surface area contributed by atoms with Gasteiger partial charge in [-0.25, -0.2) is 4.79 Å². The fourth-order valence-corrected chi connectivity index (χ4v) is 3.76. The lowest BCUT2D eigenvalue weighted by Crippen LogP contribution is -2.57. The lowest BCUT2D eigenvalue weighted by Gasteiger charge is -2.25. The van der Waals surface area contributed by atoms with Crippen LogP contribution >= 0.6 is 0 Å². The van der Waals surface area contributed by atoms with Gasteiger partial charge in [-0.15, -0.1) is 0 Å². The summed E-state index contributed by atoms with van der Waals surface area (Å²) in [7, 11) is 0. The van der Waals surface area contributed by atoms with Gasteiger partial charge in [-0.05, 0) is 30.4 Å². The Balaban J connectivity index is 2.22. The molecule has 0 bridgehead atoms. The maximum atomic E-state index is 13.2. The van der Waals surface area contributed by atoms with Gasteiger partial charge in [-0.3, -0.25) is 19.2 Å². The van der Waals surface area contributed by atoms with E-state index in [0.717, 1.165) is 16.5 Å². The topological polar surface area (TPSA) is 204 Å². The van der Waals surface area contributed by atoms with E-state index in [-0.39, 0.29) is 31.7 Å². The molecule has 36 heavy (non-hydrogen) atoms. The van der Waals surface area contributed by atoms with Gasteiger partial charge in [0, 0.05) is 29.9 Å². The molecule has 0 aliphatic heterocycles. The third-order valence-corrected chi connectivity index (χ3v) is 5.54. The van der Waals surface area contributed by atoms with Crippen molar-refractivity contribution >= 4 is 40.6 Å². The molecule has 8 N–H and O–H groups in total. The lowest BCUT2D eigenvalue weighted by atomic mass is 10.00. The molecule has 12 nitrogen and oxygen atoms in total. The summed E-state index contributed by atoms with van der Waals surface area (Å²) in [4.78, 5) is 63.6. The predicted octanol–water partition coefficient (Wildman–Crippen LogP) is 0.119. The van der Waals surface area contributed by atoms with Gasteiger partial charge in [-0.2, -0.15) is 0 Å². The number of fused-ring (bicyclic) bond motifs is 1. The second kappa shape index (κ2) is 13.2. The molecule has 0 fully saturated rings. The standard InChI is InChI=1S/C24H33N5O7/c1-13(2)9-18(22(33)28-17(24(35)36)7-8-21(31)32)29-23(34)19(27-20(30)11-25)10-14-12-26-16-6-4-3-5-15(14)16/h3-6,12-13,17-19,26H,7-11,25H2,1-2H3,(H,27,30)(H,28,33)(H,29,34)(H,31,32)(H,35,36). The quantitative estimate of drug-likeness (QED) is 0.188. The summed E-state index contributed by atoms with van der Waals surface area (Å²) in [5.74, 6) is -4.58. The minimum atomic E-state index is -1.43. The van der Waals surface area contributed by atoms with Crippen molar-refractivity contribution in [3.05, 3.63) is 36.0 Å². The lowest BCUT2D eigenvalue weighted by molar-refractivity contribution is -0.143. The Morgan fingerprint density at radius 1 is 0.944 bits per heavy atom. The highest BCUT2D eigenvalue weighted by Gasteiger charge is 2.30. The van der Waals surface area contributed by atoms with Crippen molar-refractivity contribution in [2.24, 2.45) is 11.7 Å². The van der Waals surface area contributed by atoms with Crippen molar-refractivity contribution in [1.29, 1.82) is 0 Å². The molecule has 12 heteroatoms. The van der Waals surface area contributed by atoms with Gasteiger partial charge in [-0.1, -0.05) is 32.0 Å². The van der Waals surface area contributed by atoms with E-state index in [9.17, 15) is 29.1 Å². The monoisotopic (exact) mass is 503 g/mol. The van der Waals surface area contributed by atoms with Crippen LogP contribution in [0.15, 0.2) is 30.5 Å². The number of carboxylic acid groups (broad SMARTS) is 2. The molecule has 2 rings (SSSR count). The van der Waals surface area contributed by atoms with Crippen LogP contribution in [0.5, 0.6) is 0 Å². The molecule has 196 valence electrons. The molecule has 0 spiro atoms. The molecule has 0 aliphatic rings. The zero-order chi connectivity index (χ0) is 26.8. The van der Waals surface area contributed by atoms with Crippen LogP contribution in [0, 0.1) is 5.92 Å². The van der Waals surface area contributed by atoms with E-state index < -0.39 is 54.2 Å². The molecule has 0 aliphatic carbocycles. The van der Waals surface area contributed by atoms with Crippen molar-refractivity contribution in [3.63, 3.8) is 0 Å². The van der Waals surface area contributed by atoms with E-state index in [4.69, 9.17) is 10.8 Å². The van der Waals surface area contributed by atoms with Crippen molar-refractivity contribution in [2.45, 2.75) is 57.7 Å². The van der Waals surface area contributed by atoms with Gasteiger partial charge in [0.05, 0.1) is 6.54 Å². The molecule has 0 radical (unpaired) electrons. The second-order valence-corrected chi connectivity index (χ2v) is 8.91. The summed E-state index contributed by atoms with van der Waals surface area (Å²) in [6.07, 6.45) is 1.28. The van der Waals surface area contributed by atoms with Gasteiger partial charge in [0.1, 0.15) is 18.1 Å². The Bertz CT molecular complexity index is 1100. The molecule has 2 aromatic rings. The number of aromatic amines is 1. The summed E-state index contributed by atoms with van der Waals surface area (Å²) < 4.78 is 0. The zero-order valence-corrected chi connectivity index (χ0v) is 20.2. The Kier molecular flexibility index (Phi) is 10.4. The Labute approximate surface area is 208 Å². The number of benzene rings is 1. The molecular weight excluding hydrogens is 470 g/mol. The number of nitrogens with two attached hydrogens (primary N) is 1. The summed E-state index contributed by atoms with van der Waals surface area (Å²) in [5, 5.41) is 26.6. The van der Waals surface area contributed by atoms with E-state index in [0.29, 0.717) is 0 Å². The first-order valence-electron chi connectivity index (χ1n) is 11.6. The van der Waals surface area contributed by atoms with Crippen LogP contribution in [-0.4, -0.2) is 69.5 Å². The van der Waals surface area contributed by atoms with Crippen LogP contribution in [0.25, 0.3) is 10.9 Å². The number of carboxylic acids is 2. The number of aromatic nitrogens is 1. The zero-order valence-electron chi connectivity index (χ0n) is 20.2. The van der Waals surface area contributed by atoms with Crippen LogP contribution in [-0.2, 0) is 30.4 Å². The number of H-pyrrole nitrogens is 1. The Morgan fingerprint density at radius 3 is 2.19 bits per heavy atom. The first kappa shape index (κ1) is 28.3. The Hall–Kier alpha value is -3.93. The second-order valence-electron chi connectivity index (χ2n) is 8.91.